The number of amides is 2. The summed E-state index contributed by atoms with van der Waals surface area (Å²) in [6.45, 7) is 1.14. The summed E-state index contributed by atoms with van der Waals surface area (Å²) in [7, 11) is 0. The first-order valence-electron chi connectivity index (χ1n) is 12.5. The normalized spacial score (nSPS) is 11.4. The van der Waals surface area contributed by atoms with Crippen molar-refractivity contribution in [3.05, 3.63) is 78.6 Å². The fourth-order valence-electron chi connectivity index (χ4n) is 3.75. The van der Waals surface area contributed by atoms with Crippen LogP contribution in [0.3, 0.4) is 0 Å². The Morgan fingerprint density at radius 1 is 0.784 bits per heavy atom. The molecule has 1 atom stereocenters. The molecule has 194 valence electrons. The standard InChI is InChI=1S/C28H33N5O4/c34-25(10-6-11-26(35)36)33-24(20-21-12-14-23(15-13-21)22-8-2-1-3-9-22)27(37)29-16-4-5-17-30-28-31-18-7-19-32-28/h1-3,7-9,12-15,18-19,24H,4-6,10-11,16-17,20H2,(H,29,37)(H,33,34)(H,35,36)(H,30,31,32)/t24-/m1/s1. The fourth-order valence-corrected chi connectivity index (χ4v) is 3.75. The van der Waals surface area contributed by atoms with E-state index in [0.29, 0.717) is 25.5 Å². The van der Waals surface area contributed by atoms with Gasteiger partial charge in [-0.05, 0) is 42.0 Å². The van der Waals surface area contributed by atoms with E-state index in [-0.39, 0.29) is 31.1 Å². The van der Waals surface area contributed by atoms with Crippen LogP contribution in [0.5, 0.6) is 0 Å². The highest BCUT2D eigenvalue weighted by atomic mass is 16.4. The van der Waals surface area contributed by atoms with Gasteiger partial charge in [0.1, 0.15) is 6.04 Å². The Balaban J connectivity index is 1.52. The Hall–Kier alpha value is -4.27. The number of aromatic nitrogens is 2. The van der Waals surface area contributed by atoms with E-state index in [4.69, 9.17) is 5.11 Å². The van der Waals surface area contributed by atoms with Crippen molar-refractivity contribution in [1.29, 1.82) is 0 Å². The number of hydrogen-bond donors (Lipinski definition) is 4. The molecule has 3 rings (SSSR count). The summed E-state index contributed by atoms with van der Waals surface area (Å²) >= 11 is 0. The maximum atomic E-state index is 13.0. The van der Waals surface area contributed by atoms with Crippen molar-refractivity contribution in [2.45, 2.75) is 44.6 Å². The van der Waals surface area contributed by atoms with Gasteiger partial charge in [0.05, 0.1) is 0 Å². The highest BCUT2D eigenvalue weighted by Crippen LogP contribution is 2.19. The van der Waals surface area contributed by atoms with Crippen LogP contribution in [0.25, 0.3) is 11.1 Å². The summed E-state index contributed by atoms with van der Waals surface area (Å²) in [5.74, 6) is -0.989. The van der Waals surface area contributed by atoms with Crippen LogP contribution in [0.15, 0.2) is 73.1 Å². The zero-order chi connectivity index (χ0) is 26.3. The molecule has 0 unspecified atom stereocenters. The molecule has 0 aliphatic carbocycles. The van der Waals surface area contributed by atoms with Crippen LogP contribution in [-0.4, -0.2) is 52.0 Å². The molecule has 1 aromatic heterocycles. The lowest BCUT2D eigenvalue weighted by atomic mass is 10.00. The third-order valence-electron chi connectivity index (χ3n) is 5.70. The molecular weight excluding hydrogens is 470 g/mol. The third kappa shape index (κ3) is 10.1. The van der Waals surface area contributed by atoms with Crippen LogP contribution in [0, 0.1) is 0 Å². The van der Waals surface area contributed by atoms with E-state index in [1.165, 1.54) is 0 Å². The molecule has 0 aliphatic rings. The number of anilines is 1. The molecule has 9 nitrogen and oxygen atoms in total. The topological polar surface area (TPSA) is 133 Å². The Morgan fingerprint density at radius 2 is 1.46 bits per heavy atom. The lowest BCUT2D eigenvalue weighted by molar-refractivity contribution is -0.137. The molecule has 3 aromatic rings. The molecule has 0 saturated carbocycles. The summed E-state index contributed by atoms with van der Waals surface area (Å²) in [6, 6.07) is 18.9. The molecule has 37 heavy (non-hydrogen) atoms. The van der Waals surface area contributed by atoms with Crippen LogP contribution in [-0.2, 0) is 20.8 Å². The molecule has 2 amide bonds. The minimum atomic E-state index is -0.950. The number of hydrogen-bond acceptors (Lipinski definition) is 6. The number of carbonyl (C=O) groups is 3. The summed E-state index contributed by atoms with van der Waals surface area (Å²) in [4.78, 5) is 44.3. The number of carboxylic acids is 1. The first-order chi connectivity index (χ1) is 18.0. The van der Waals surface area contributed by atoms with Gasteiger partial charge in [0.15, 0.2) is 0 Å². The number of rotatable bonds is 15. The van der Waals surface area contributed by atoms with Crippen LogP contribution in [0.4, 0.5) is 5.95 Å². The van der Waals surface area contributed by atoms with Gasteiger partial charge >= 0.3 is 5.97 Å². The largest absolute Gasteiger partial charge is 0.481 e. The molecule has 9 heteroatoms. The summed E-state index contributed by atoms with van der Waals surface area (Å²) < 4.78 is 0. The van der Waals surface area contributed by atoms with Crippen molar-refractivity contribution in [3.63, 3.8) is 0 Å². The van der Waals surface area contributed by atoms with Crippen LogP contribution < -0.4 is 16.0 Å². The predicted octanol–water partition coefficient (Wildman–Crippen LogP) is 3.43. The molecule has 2 aromatic carbocycles. The molecular formula is C28H33N5O4. The van der Waals surface area contributed by atoms with Crippen molar-refractivity contribution in [2.75, 3.05) is 18.4 Å². The summed E-state index contributed by atoms with van der Waals surface area (Å²) in [5.41, 5.74) is 3.08. The monoisotopic (exact) mass is 503 g/mol. The SMILES string of the molecule is O=C(O)CCCC(=O)N[C@H](Cc1ccc(-c2ccccc2)cc1)C(=O)NCCCCNc1ncccn1. The summed E-state index contributed by atoms with van der Waals surface area (Å²) in [5, 5.41) is 17.6. The van der Waals surface area contributed by atoms with E-state index < -0.39 is 12.0 Å². The van der Waals surface area contributed by atoms with Crippen molar-refractivity contribution in [3.8, 4) is 11.1 Å². The Labute approximate surface area is 216 Å². The number of nitrogens with one attached hydrogen (secondary N) is 3. The van der Waals surface area contributed by atoms with Crippen LogP contribution >= 0.6 is 0 Å². The number of unbranched alkanes of at least 4 members (excludes halogenated alkanes) is 1. The summed E-state index contributed by atoms with van der Waals surface area (Å²) in [6.07, 6.45) is 5.41. The quantitative estimate of drug-likeness (QED) is 0.234. The van der Waals surface area contributed by atoms with E-state index in [9.17, 15) is 14.4 Å². The van der Waals surface area contributed by atoms with Gasteiger partial charge in [-0.3, -0.25) is 14.4 Å². The van der Waals surface area contributed by atoms with Gasteiger partial charge in [0, 0.05) is 44.7 Å². The molecule has 0 aliphatic heterocycles. The van der Waals surface area contributed by atoms with Gasteiger partial charge in [0.25, 0.3) is 0 Å². The zero-order valence-corrected chi connectivity index (χ0v) is 20.7. The molecule has 0 spiro atoms. The van der Waals surface area contributed by atoms with E-state index in [2.05, 4.69) is 25.9 Å². The Bertz CT molecular complexity index is 1120. The molecule has 0 fully saturated rings. The number of benzene rings is 2. The van der Waals surface area contributed by atoms with Gasteiger partial charge in [-0.15, -0.1) is 0 Å². The highest BCUT2D eigenvalue weighted by molar-refractivity contribution is 5.88. The van der Waals surface area contributed by atoms with Gasteiger partial charge < -0.3 is 21.1 Å². The van der Waals surface area contributed by atoms with E-state index in [0.717, 1.165) is 29.5 Å². The molecule has 0 bridgehead atoms. The Kier molecular flexibility index (Phi) is 11.1. The maximum Gasteiger partial charge on any atom is 0.303 e. The number of carboxylic acid groups (broad SMARTS) is 1. The average molecular weight is 504 g/mol. The predicted molar refractivity (Wildman–Crippen MR) is 142 cm³/mol. The second-order valence-corrected chi connectivity index (χ2v) is 8.63. The zero-order valence-electron chi connectivity index (χ0n) is 20.7. The molecule has 0 saturated heterocycles. The minimum Gasteiger partial charge on any atom is -0.481 e. The second-order valence-electron chi connectivity index (χ2n) is 8.63. The van der Waals surface area contributed by atoms with Crippen molar-refractivity contribution in [2.24, 2.45) is 0 Å². The molecule has 4 N–H and O–H groups in total. The van der Waals surface area contributed by atoms with Gasteiger partial charge in [-0.25, -0.2) is 9.97 Å². The fraction of sp³-hybridized carbons (Fsp3) is 0.321. The second kappa shape index (κ2) is 15.0. The van der Waals surface area contributed by atoms with E-state index in [1.807, 2.05) is 54.6 Å². The number of nitrogens with zero attached hydrogens (tertiary/aromatic N) is 2. The molecule has 0 radical (unpaired) electrons. The average Bonchev–Trinajstić information content (AvgIpc) is 2.91. The lowest BCUT2D eigenvalue weighted by Crippen LogP contribution is -2.48. The van der Waals surface area contributed by atoms with Crippen molar-refractivity contribution in [1.82, 2.24) is 20.6 Å². The number of carbonyl (C=O) groups excluding carboxylic acids is 2. The van der Waals surface area contributed by atoms with Gasteiger partial charge in [0.2, 0.25) is 17.8 Å². The molecule has 1 heterocycles. The van der Waals surface area contributed by atoms with Gasteiger partial charge in [-0.2, -0.15) is 0 Å². The van der Waals surface area contributed by atoms with Crippen molar-refractivity contribution >= 4 is 23.7 Å². The smallest absolute Gasteiger partial charge is 0.303 e. The first-order valence-corrected chi connectivity index (χ1v) is 12.5. The Morgan fingerprint density at radius 3 is 2.16 bits per heavy atom. The van der Waals surface area contributed by atoms with Gasteiger partial charge in [-0.1, -0.05) is 54.6 Å². The number of aliphatic carboxylic acids is 1. The minimum absolute atomic E-state index is 0.0518. The first kappa shape index (κ1) is 27.3. The van der Waals surface area contributed by atoms with E-state index in [1.54, 1.807) is 18.5 Å². The van der Waals surface area contributed by atoms with E-state index >= 15 is 0 Å². The third-order valence-corrected chi connectivity index (χ3v) is 5.70. The van der Waals surface area contributed by atoms with Crippen LogP contribution in [0.1, 0.15) is 37.7 Å². The highest BCUT2D eigenvalue weighted by Gasteiger charge is 2.21. The van der Waals surface area contributed by atoms with Crippen molar-refractivity contribution < 1.29 is 19.5 Å². The maximum absolute atomic E-state index is 13.0. The van der Waals surface area contributed by atoms with Crippen LogP contribution in [0.2, 0.25) is 0 Å². The lowest BCUT2D eigenvalue weighted by Gasteiger charge is -2.19.